The molecule has 10 nitrogen and oxygen atoms in total. The Morgan fingerprint density at radius 2 is 2.00 bits per heavy atom. The molecule has 1 aliphatic heterocycles. The number of likely N-dealkylation sites (tertiary alicyclic amines) is 1. The van der Waals surface area contributed by atoms with E-state index in [0.717, 1.165) is 0 Å². The molecule has 0 radical (unpaired) electrons. The average Bonchev–Trinajstić information content (AvgIpc) is 2.79. The van der Waals surface area contributed by atoms with Gasteiger partial charge in [0, 0.05) is 39.4 Å². The summed E-state index contributed by atoms with van der Waals surface area (Å²) in [5.74, 6) is -1.41. The Balaban J connectivity index is 2.08. The van der Waals surface area contributed by atoms with Crippen molar-refractivity contribution in [2.75, 3.05) is 53.6 Å². The van der Waals surface area contributed by atoms with Crippen molar-refractivity contribution in [1.82, 2.24) is 14.5 Å². The number of rotatable bonds is 10. The zero-order valence-electron chi connectivity index (χ0n) is 19.6. The molecule has 1 unspecified atom stereocenters. The monoisotopic (exact) mass is 483 g/mol. The fourth-order valence-corrected chi connectivity index (χ4v) is 4.64. The van der Waals surface area contributed by atoms with Gasteiger partial charge in [-0.05, 0) is 44.4 Å². The van der Waals surface area contributed by atoms with Crippen LogP contribution in [0.1, 0.15) is 35.7 Å². The van der Waals surface area contributed by atoms with E-state index in [1.54, 1.807) is 24.8 Å². The van der Waals surface area contributed by atoms with E-state index in [0.29, 0.717) is 24.9 Å². The molecule has 0 saturated carbocycles. The molecule has 1 aromatic carbocycles. The van der Waals surface area contributed by atoms with Gasteiger partial charge in [0.15, 0.2) is 0 Å². The summed E-state index contributed by atoms with van der Waals surface area (Å²) in [5.41, 5.74) is 0.790. The largest absolute Gasteiger partial charge is 0.466 e. The van der Waals surface area contributed by atoms with Crippen LogP contribution in [0.5, 0.6) is 0 Å². The van der Waals surface area contributed by atoms with E-state index in [9.17, 15) is 22.8 Å². The van der Waals surface area contributed by atoms with Crippen molar-refractivity contribution in [2.45, 2.75) is 31.6 Å². The number of esters is 1. The SMILES string of the molecule is CCOC(=O)C1CCCN(C(=O)CN(C)C(=O)c2cc(S(=O)(=O)NCCOC)ccc2C)C1. The van der Waals surface area contributed by atoms with Crippen LogP contribution in [-0.4, -0.2) is 89.6 Å². The van der Waals surface area contributed by atoms with Crippen molar-refractivity contribution in [3.8, 4) is 0 Å². The van der Waals surface area contributed by atoms with E-state index < -0.39 is 15.9 Å². The molecular formula is C22H33N3O7S. The number of carbonyl (C=O) groups is 3. The quantitative estimate of drug-likeness (QED) is 0.386. The highest BCUT2D eigenvalue weighted by Crippen LogP contribution is 2.20. The molecule has 11 heteroatoms. The molecule has 1 saturated heterocycles. The summed E-state index contributed by atoms with van der Waals surface area (Å²) < 4.78 is 37.3. The molecule has 2 rings (SSSR count). The number of sulfonamides is 1. The van der Waals surface area contributed by atoms with E-state index in [1.807, 2.05) is 0 Å². The lowest BCUT2D eigenvalue weighted by atomic mass is 9.98. The van der Waals surface area contributed by atoms with Gasteiger partial charge in [0.2, 0.25) is 15.9 Å². The zero-order valence-corrected chi connectivity index (χ0v) is 20.4. The van der Waals surface area contributed by atoms with E-state index in [4.69, 9.17) is 9.47 Å². The van der Waals surface area contributed by atoms with Crippen LogP contribution in [0.3, 0.4) is 0 Å². The van der Waals surface area contributed by atoms with Crippen LogP contribution in [0.4, 0.5) is 0 Å². The molecule has 1 atom stereocenters. The van der Waals surface area contributed by atoms with E-state index in [1.165, 1.54) is 31.2 Å². The maximum Gasteiger partial charge on any atom is 0.310 e. The van der Waals surface area contributed by atoms with Crippen LogP contribution in [0.15, 0.2) is 23.1 Å². The lowest BCUT2D eigenvalue weighted by Gasteiger charge is -2.32. The van der Waals surface area contributed by atoms with Gasteiger partial charge in [-0.15, -0.1) is 0 Å². The topological polar surface area (TPSA) is 122 Å². The second kappa shape index (κ2) is 12.1. The smallest absolute Gasteiger partial charge is 0.310 e. The lowest BCUT2D eigenvalue weighted by Crippen LogP contribution is -2.47. The third kappa shape index (κ3) is 7.24. The van der Waals surface area contributed by atoms with Crippen LogP contribution >= 0.6 is 0 Å². The number of amides is 2. The molecule has 0 spiro atoms. The van der Waals surface area contributed by atoms with Gasteiger partial charge in [0.1, 0.15) is 0 Å². The number of piperidine rings is 1. The Morgan fingerprint density at radius 3 is 2.67 bits per heavy atom. The van der Waals surface area contributed by atoms with Crippen molar-refractivity contribution in [1.29, 1.82) is 0 Å². The molecule has 0 bridgehead atoms. The molecule has 1 N–H and O–H groups in total. The third-order valence-electron chi connectivity index (χ3n) is 5.46. The minimum atomic E-state index is -3.81. The predicted molar refractivity (Wildman–Crippen MR) is 121 cm³/mol. The van der Waals surface area contributed by atoms with Crippen molar-refractivity contribution < 1.29 is 32.3 Å². The molecule has 1 heterocycles. The number of hydrogen-bond acceptors (Lipinski definition) is 7. The normalized spacial score (nSPS) is 16.4. The highest BCUT2D eigenvalue weighted by Gasteiger charge is 2.30. The lowest BCUT2D eigenvalue weighted by molar-refractivity contribution is -0.151. The molecule has 33 heavy (non-hydrogen) atoms. The molecule has 1 aliphatic rings. The first-order valence-corrected chi connectivity index (χ1v) is 12.4. The minimum Gasteiger partial charge on any atom is -0.466 e. The van der Waals surface area contributed by atoms with Crippen LogP contribution in [0.2, 0.25) is 0 Å². The summed E-state index contributed by atoms with van der Waals surface area (Å²) in [6.45, 7) is 4.64. The molecule has 1 aromatic rings. The standard InChI is InChI=1S/C22H33N3O7S/c1-5-32-22(28)17-7-6-11-25(14-17)20(26)15-24(3)21(27)19-13-18(9-8-16(19)2)33(29,30)23-10-12-31-4/h8-9,13,17,23H,5-7,10-12,14-15H2,1-4H3. The van der Waals surface area contributed by atoms with E-state index in [-0.39, 0.29) is 61.1 Å². The van der Waals surface area contributed by atoms with E-state index >= 15 is 0 Å². The van der Waals surface area contributed by atoms with Crippen LogP contribution in [0.25, 0.3) is 0 Å². The van der Waals surface area contributed by atoms with Crippen molar-refractivity contribution in [3.05, 3.63) is 29.3 Å². The Morgan fingerprint density at radius 1 is 1.27 bits per heavy atom. The van der Waals surface area contributed by atoms with Gasteiger partial charge >= 0.3 is 5.97 Å². The second-order valence-electron chi connectivity index (χ2n) is 7.96. The second-order valence-corrected chi connectivity index (χ2v) is 9.73. The van der Waals surface area contributed by atoms with Crippen LogP contribution < -0.4 is 4.72 Å². The Bertz CT molecular complexity index is 965. The fraction of sp³-hybridized carbons (Fsp3) is 0.591. The third-order valence-corrected chi connectivity index (χ3v) is 6.92. The van der Waals surface area contributed by atoms with Gasteiger partial charge in [0.05, 0.1) is 30.6 Å². The van der Waals surface area contributed by atoms with Gasteiger partial charge in [0.25, 0.3) is 5.91 Å². The van der Waals surface area contributed by atoms with Crippen LogP contribution in [-0.2, 0) is 29.1 Å². The van der Waals surface area contributed by atoms with Crippen LogP contribution in [0, 0.1) is 12.8 Å². The number of benzene rings is 1. The molecule has 0 aromatic heterocycles. The molecule has 184 valence electrons. The van der Waals surface area contributed by atoms with Crippen molar-refractivity contribution in [2.24, 2.45) is 5.92 Å². The first-order valence-electron chi connectivity index (χ1n) is 10.9. The first kappa shape index (κ1) is 26.7. The summed E-state index contributed by atoms with van der Waals surface area (Å²) in [6, 6.07) is 4.30. The summed E-state index contributed by atoms with van der Waals surface area (Å²) in [7, 11) is -0.852. The fourth-order valence-electron chi connectivity index (χ4n) is 3.60. The number of nitrogens with zero attached hydrogens (tertiary/aromatic N) is 2. The molecular weight excluding hydrogens is 450 g/mol. The van der Waals surface area contributed by atoms with Gasteiger partial charge in [-0.2, -0.15) is 0 Å². The van der Waals surface area contributed by atoms with Gasteiger partial charge < -0.3 is 19.3 Å². The summed E-state index contributed by atoms with van der Waals surface area (Å²) >= 11 is 0. The summed E-state index contributed by atoms with van der Waals surface area (Å²) in [6.07, 6.45) is 1.35. The molecule has 1 fully saturated rings. The summed E-state index contributed by atoms with van der Waals surface area (Å²) in [4.78, 5) is 40.6. The maximum absolute atomic E-state index is 13.0. The molecule has 0 aliphatic carbocycles. The molecule has 2 amide bonds. The highest BCUT2D eigenvalue weighted by atomic mass is 32.2. The number of hydrogen-bond donors (Lipinski definition) is 1. The number of ether oxygens (including phenoxy) is 2. The Kier molecular flexibility index (Phi) is 9.81. The summed E-state index contributed by atoms with van der Waals surface area (Å²) in [5, 5.41) is 0. The van der Waals surface area contributed by atoms with Gasteiger partial charge in [-0.3, -0.25) is 14.4 Å². The Hall–Kier alpha value is -2.50. The minimum absolute atomic E-state index is 0.0411. The average molecular weight is 484 g/mol. The number of aryl methyl sites for hydroxylation is 1. The van der Waals surface area contributed by atoms with Crippen molar-refractivity contribution >= 4 is 27.8 Å². The highest BCUT2D eigenvalue weighted by molar-refractivity contribution is 7.89. The van der Waals surface area contributed by atoms with Gasteiger partial charge in [-0.1, -0.05) is 6.07 Å². The van der Waals surface area contributed by atoms with Crippen molar-refractivity contribution in [3.63, 3.8) is 0 Å². The Labute approximate surface area is 195 Å². The van der Waals surface area contributed by atoms with E-state index in [2.05, 4.69) is 4.72 Å². The number of likely N-dealkylation sites (N-methyl/N-ethyl adjacent to an activating group) is 1. The number of nitrogens with one attached hydrogen (secondary N) is 1. The number of methoxy groups -OCH3 is 1. The first-order chi connectivity index (χ1) is 15.6. The predicted octanol–water partition coefficient (Wildman–Crippen LogP) is 0.793. The van der Waals surface area contributed by atoms with Gasteiger partial charge in [-0.25, -0.2) is 13.1 Å². The maximum atomic E-state index is 13.0. The zero-order chi connectivity index (χ0) is 24.6. The number of carbonyl (C=O) groups excluding carboxylic acids is 3.